The molecule has 1 aliphatic rings. The molecule has 3 aromatic rings. The highest BCUT2D eigenvalue weighted by molar-refractivity contribution is 7.99. The van der Waals surface area contributed by atoms with Crippen LogP contribution in [0.2, 0.25) is 5.02 Å². The summed E-state index contributed by atoms with van der Waals surface area (Å²) in [6.45, 7) is 6.88. The molecule has 0 aliphatic carbocycles. The summed E-state index contributed by atoms with van der Waals surface area (Å²) in [5, 5.41) is 10.9. The van der Waals surface area contributed by atoms with Crippen LogP contribution in [0.4, 0.5) is 0 Å². The van der Waals surface area contributed by atoms with E-state index in [0.29, 0.717) is 32.9 Å². The van der Waals surface area contributed by atoms with E-state index >= 15 is 0 Å². The van der Waals surface area contributed by atoms with Crippen molar-refractivity contribution in [3.05, 3.63) is 52.6 Å². The van der Waals surface area contributed by atoms with Gasteiger partial charge in [0.05, 0.1) is 17.2 Å². The molecule has 1 fully saturated rings. The predicted molar refractivity (Wildman–Crippen MR) is 133 cm³/mol. The van der Waals surface area contributed by atoms with Gasteiger partial charge in [0.15, 0.2) is 10.3 Å². The Morgan fingerprint density at radius 1 is 1.12 bits per heavy atom. The van der Waals surface area contributed by atoms with Crippen molar-refractivity contribution in [2.24, 2.45) is 0 Å². The van der Waals surface area contributed by atoms with Crippen LogP contribution in [0.3, 0.4) is 0 Å². The Balaban J connectivity index is 1.55. The summed E-state index contributed by atoms with van der Waals surface area (Å²) in [7, 11) is 0. The van der Waals surface area contributed by atoms with Crippen molar-refractivity contribution in [1.29, 1.82) is 0 Å². The van der Waals surface area contributed by atoms with Gasteiger partial charge in [-0.2, -0.15) is 0 Å². The van der Waals surface area contributed by atoms with Crippen molar-refractivity contribution in [2.45, 2.75) is 62.1 Å². The molecule has 0 spiro atoms. The van der Waals surface area contributed by atoms with Gasteiger partial charge in [-0.25, -0.2) is 9.97 Å². The Morgan fingerprint density at radius 3 is 2.64 bits per heavy atom. The van der Waals surface area contributed by atoms with Crippen molar-refractivity contribution in [2.75, 3.05) is 12.3 Å². The number of hydrogen-bond acceptors (Lipinski definition) is 7. The second-order valence-electron chi connectivity index (χ2n) is 8.16. The van der Waals surface area contributed by atoms with Gasteiger partial charge in [0.25, 0.3) is 0 Å². The number of rotatable bonds is 7. The average molecular weight is 503 g/mol. The first-order chi connectivity index (χ1) is 15.9. The van der Waals surface area contributed by atoms with Crippen molar-refractivity contribution in [1.82, 2.24) is 29.6 Å². The van der Waals surface area contributed by atoms with E-state index in [4.69, 9.17) is 11.6 Å². The van der Waals surface area contributed by atoms with Gasteiger partial charge >= 0.3 is 0 Å². The normalized spacial score (nSPS) is 16.2. The maximum absolute atomic E-state index is 12.9. The Hall–Kier alpha value is -2.10. The smallest absolute Gasteiger partial charge is 0.233 e. The molecule has 1 aromatic carbocycles. The predicted octanol–water partition coefficient (Wildman–Crippen LogP) is 5.11. The summed E-state index contributed by atoms with van der Waals surface area (Å²) >= 11 is 9.20. The van der Waals surface area contributed by atoms with Crippen molar-refractivity contribution >= 4 is 41.0 Å². The fourth-order valence-corrected chi connectivity index (χ4v) is 5.83. The Labute approximate surface area is 207 Å². The molecule has 0 radical (unpaired) electrons. The molecule has 1 saturated heterocycles. The lowest BCUT2D eigenvalue weighted by atomic mass is 10.0. The molecule has 1 aliphatic heterocycles. The summed E-state index contributed by atoms with van der Waals surface area (Å²) in [6.07, 6.45) is 3.32. The Kier molecular flexibility index (Phi) is 7.93. The third-order valence-electron chi connectivity index (χ3n) is 5.51. The van der Waals surface area contributed by atoms with E-state index in [1.54, 1.807) is 0 Å². The minimum Gasteiger partial charge on any atom is -0.339 e. The number of carbonyl (C=O) groups is 1. The van der Waals surface area contributed by atoms with E-state index in [2.05, 4.69) is 27.1 Å². The van der Waals surface area contributed by atoms with Crippen molar-refractivity contribution in [3.63, 3.8) is 0 Å². The molecular formula is C23H27ClN6OS2. The SMILES string of the molecule is Cc1cc(C)nc(SCc2nnc(SCC(=O)N3CCCC[C@@H]3C)n2-c2cccc(Cl)c2)n1. The van der Waals surface area contributed by atoms with Crippen LogP contribution in [-0.4, -0.2) is 53.9 Å². The fourth-order valence-electron chi connectivity index (χ4n) is 3.93. The van der Waals surface area contributed by atoms with Gasteiger partial charge in [-0.1, -0.05) is 41.2 Å². The minimum atomic E-state index is 0.146. The number of halogens is 1. The number of thioether (sulfide) groups is 2. The van der Waals surface area contributed by atoms with Gasteiger partial charge in [0.2, 0.25) is 5.91 Å². The zero-order valence-electron chi connectivity index (χ0n) is 19.0. The van der Waals surface area contributed by atoms with E-state index in [9.17, 15) is 4.79 Å². The molecule has 0 N–H and O–H groups in total. The lowest BCUT2D eigenvalue weighted by Gasteiger charge is -2.33. The number of nitrogens with zero attached hydrogens (tertiary/aromatic N) is 6. The third kappa shape index (κ3) is 6.07. The minimum absolute atomic E-state index is 0.146. The maximum Gasteiger partial charge on any atom is 0.233 e. The zero-order chi connectivity index (χ0) is 23.4. The Bertz CT molecular complexity index is 1120. The zero-order valence-corrected chi connectivity index (χ0v) is 21.4. The summed E-state index contributed by atoms with van der Waals surface area (Å²) in [4.78, 5) is 23.9. The quantitative estimate of drug-likeness (QED) is 0.328. The second kappa shape index (κ2) is 10.9. The largest absolute Gasteiger partial charge is 0.339 e. The molecule has 10 heteroatoms. The number of aryl methyl sites for hydroxylation is 2. The van der Waals surface area contributed by atoms with Crippen LogP contribution in [0, 0.1) is 13.8 Å². The average Bonchev–Trinajstić information content (AvgIpc) is 3.18. The maximum atomic E-state index is 12.9. The molecule has 0 saturated carbocycles. The van der Waals surface area contributed by atoms with Crippen molar-refractivity contribution < 1.29 is 4.79 Å². The number of carbonyl (C=O) groups excluding carboxylic acids is 1. The molecule has 3 heterocycles. The number of benzene rings is 1. The van der Waals surface area contributed by atoms with Gasteiger partial charge in [0, 0.05) is 29.0 Å². The van der Waals surface area contributed by atoms with Crippen LogP contribution in [0.1, 0.15) is 43.4 Å². The first-order valence-corrected chi connectivity index (χ1v) is 13.3. The van der Waals surface area contributed by atoms with Gasteiger partial charge in [-0.3, -0.25) is 9.36 Å². The monoisotopic (exact) mass is 502 g/mol. The summed E-state index contributed by atoms with van der Waals surface area (Å²) in [6, 6.07) is 9.83. The summed E-state index contributed by atoms with van der Waals surface area (Å²) < 4.78 is 1.97. The van der Waals surface area contributed by atoms with E-state index in [1.807, 2.05) is 53.6 Å². The van der Waals surface area contributed by atoms with Crippen LogP contribution < -0.4 is 0 Å². The second-order valence-corrected chi connectivity index (χ2v) is 10.5. The van der Waals surface area contributed by atoms with E-state index in [0.717, 1.165) is 42.3 Å². The van der Waals surface area contributed by atoms with Crippen molar-refractivity contribution in [3.8, 4) is 5.69 Å². The van der Waals surface area contributed by atoms with Crippen LogP contribution >= 0.6 is 35.1 Å². The standard InChI is InChI=1S/C23H27ClN6OS2/c1-15-11-16(2)26-22(25-15)32-13-20-27-28-23(30(20)19-9-6-8-18(24)12-19)33-14-21(31)29-10-5-4-7-17(29)3/h6,8-9,11-12,17H,4-5,7,10,13-14H2,1-3H3/t17-/m0/s1. The van der Waals surface area contributed by atoms with E-state index < -0.39 is 0 Å². The highest BCUT2D eigenvalue weighted by Crippen LogP contribution is 2.28. The molecule has 0 bridgehead atoms. The van der Waals surface area contributed by atoms with Gasteiger partial charge in [-0.15, -0.1) is 10.2 Å². The number of piperidine rings is 1. The molecule has 1 amide bonds. The lowest BCUT2D eigenvalue weighted by Crippen LogP contribution is -2.42. The lowest BCUT2D eigenvalue weighted by molar-refractivity contribution is -0.131. The highest BCUT2D eigenvalue weighted by Gasteiger charge is 2.24. The molecule has 4 rings (SSSR count). The molecular weight excluding hydrogens is 476 g/mol. The molecule has 33 heavy (non-hydrogen) atoms. The number of amides is 1. The van der Waals surface area contributed by atoms with E-state index in [1.165, 1.54) is 29.9 Å². The number of hydrogen-bond donors (Lipinski definition) is 0. The van der Waals surface area contributed by atoms with Crippen LogP contribution in [0.15, 0.2) is 40.6 Å². The van der Waals surface area contributed by atoms with Gasteiger partial charge in [-0.05, 0) is 64.3 Å². The summed E-state index contributed by atoms with van der Waals surface area (Å²) in [5.74, 6) is 1.77. The Morgan fingerprint density at radius 2 is 1.91 bits per heavy atom. The van der Waals surface area contributed by atoms with Crippen LogP contribution in [0.5, 0.6) is 0 Å². The third-order valence-corrected chi connectivity index (χ3v) is 7.50. The van der Waals surface area contributed by atoms with Gasteiger partial charge < -0.3 is 4.90 Å². The van der Waals surface area contributed by atoms with Crippen LogP contribution in [0.25, 0.3) is 5.69 Å². The number of likely N-dealkylation sites (tertiary alicyclic amines) is 1. The highest BCUT2D eigenvalue weighted by atomic mass is 35.5. The van der Waals surface area contributed by atoms with E-state index in [-0.39, 0.29) is 5.91 Å². The molecule has 174 valence electrons. The topological polar surface area (TPSA) is 76.8 Å². The first-order valence-electron chi connectivity index (χ1n) is 11.0. The van der Waals surface area contributed by atoms with Gasteiger partial charge in [0.1, 0.15) is 5.82 Å². The van der Waals surface area contributed by atoms with Crippen LogP contribution in [-0.2, 0) is 10.5 Å². The molecule has 2 aromatic heterocycles. The summed E-state index contributed by atoms with van der Waals surface area (Å²) in [5.41, 5.74) is 2.73. The molecule has 7 nitrogen and oxygen atoms in total. The number of aromatic nitrogens is 5. The molecule has 1 atom stereocenters. The molecule has 0 unspecified atom stereocenters. The first kappa shape index (κ1) is 24.0. The fraction of sp³-hybridized carbons (Fsp3) is 0.435.